The lowest BCUT2D eigenvalue weighted by atomic mass is 10.0. The van der Waals surface area contributed by atoms with Crippen molar-refractivity contribution >= 4 is 17.3 Å². The first-order valence-electron chi connectivity index (χ1n) is 4.50. The predicted molar refractivity (Wildman–Crippen MR) is 59.1 cm³/mol. The van der Waals surface area contributed by atoms with E-state index >= 15 is 0 Å². The van der Waals surface area contributed by atoms with Crippen molar-refractivity contribution in [2.24, 2.45) is 5.73 Å². The highest BCUT2D eigenvalue weighted by Gasteiger charge is 2.27. The lowest BCUT2D eigenvalue weighted by Gasteiger charge is -2.24. The molecule has 2 N–H and O–H groups in total. The fourth-order valence-electron chi connectivity index (χ4n) is 1.12. The molecule has 0 fully saturated rings. The summed E-state index contributed by atoms with van der Waals surface area (Å²) < 4.78 is 9.96. The summed E-state index contributed by atoms with van der Waals surface area (Å²) in [6.07, 6.45) is 0. The minimum absolute atomic E-state index is 0.340. The van der Waals surface area contributed by atoms with Gasteiger partial charge in [-0.15, -0.1) is 11.3 Å². The fraction of sp³-hybridized carbons (Fsp3) is 0.500. The molecule has 0 spiro atoms. The van der Waals surface area contributed by atoms with Gasteiger partial charge < -0.3 is 15.2 Å². The number of esters is 1. The van der Waals surface area contributed by atoms with Crippen molar-refractivity contribution in [2.75, 3.05) is 20.8 Å². The summed E-state index contributed by atoms with van der Waals surface area (Å²) in [5.41, 5.74) is 5.64. The van der Waals surface area contributed by atoms with Gasteiger partial charge in [-0.1, -0.05) is 0 Å². The van der Waals surface area contributed by atoms with Crippen LogP contribution in [0.1, 0.15) is 22.2 Å². The van der Waals surface area contributed by atoms with Crippen LogP contribution in [0.4, 0.5) is 0 Å². The van der Waals surface area contributed by atoms with Crippen molar-refractivity contribution in [1.29, 1.82) is 0 Å². The summed E-state index contributed by atoms with van der Waals surface area (Å²) in [4.78, 5) is 12.2. The molecule has 84 valence electrons. The van der Waals surface area contributed by atoms with Crippen LogP contribution in [0.15, 0.2) is 11.4 Å². The molecule has 0 aliphatic heterocycles. The smallest absolute Gasteiger partial charge is 0.338 e. The van der Waals surface area contributed by atoms with Gasteiger partial charge in [-0.25, -0.2) is 4.79 Å². The first-order valence-corrected chi connectivity index (χ1v) is 5.38. The average Bonchev–Trinajstić information content (AvgIpc) is 2.76. The van der Waals surface area contributed by atoms with Crippen molar-refractivity contribution in [1.82, 2.24) is 0 Å². The number of nitrogens with two attached hydrogens (primary N) is 1. The molecule has 1 aromatic heterocycles. The zero-order valence-electron chi connectivity index (χ0n) is 9.07. The van der Waals surface area contributed by atoms with Gasteiger partial charge >= 0.3 is 5.97 Å². The van der Waals surface area contributed by atoms with Gasteiger partial charge in [0.2, 0.25) is 0 Å². The molecule has 0 saturated heterocycles. The standard InChI is InChI=1S/C10H15NO3S/c1-10(6-11,14-3)8-4-7(5-15-8)9(12)13-2/h4-5H,6,11H2,1-3H3. The maximum atomic E-state index is 11.2. The summed E-state index contributed by atoms with van der Waals surface area (Å²) in [5.74, 6) is -0.340. The first-order chi connectivity index (χ1) is 7.07. The van der Waals surface area contributed by atoms with Crippen LogP contribution < -0.4 is 5.73 Å². The van der Waals surface area contributed by atoms with Gasteiger partial charge in [-0.05, 0) is 13.0 Å². The average molecular weight is 229 g/mol. The van der Waals surface area contributed by atoms with Crippen molar-refractivity contribution in [3.8, 4) is 0 Å². The molecule has 0 amide bonds. The highest BCUT2D eigenvalue weighted by Crippen LogP contribution is 2.29. The largest absolute Gasteiger partial charge is 0.465 e. The van der Waals surface area contributed by atoms with E-state index in [1.54, 1.807) is 18.6 Å². The van der Waals surface area contributed by atoms with Crippen molar-refractivity contribution in [2.45, 2.75) is 12.5 Å². The summed E-state index contributed by atoms with van der Waals surface area (Å²) in [5, 5.41) is 1.74. The second-order valence-electron chi connectivity index (χ2n) is 3.33. The molecule has 0 saturated carbocycles. The Bertz CT molecular complexity index is 344. The Morgan fingerprint density at radius 2 is 2.27 bits per heavy atom. The normalized spacial score (nSPS) is 14.7. The van der Waals surface area contributed by atoms with Gasteiger partial charge in [-0.2, -0.15) is 0 Å². The van der Waals surface area contributed by atoms with E-state index in [0.29, 0.717) is 12.1 Å². The number of thiophene rings is 1. The van der Waals surface area contributed by atoms with Crippen LogP contribution in [0, 0.1) is 0 Å². The molecule has 5 heteroatoms. The van der Waals surface area contributed by atoms with E-state index in [1.807, 2.05) is 6.92 Å². The first kappa shape index (κ1) is 12.2. The quantitative estimate of drug-likeness (QED) is 0.792. The fourth-order valence-corrected chi connectivity index (χ4v) is 2.15. The van der Waals surface area contributed by atoms with Gasteiger partial charge in [0, 0.05) is 23.9 Å². The van der Waals surface area contributed by atoms with Gasteiger partial charge in [0.25, 0.3) is 0 Å². The van der Waals surface area contributed by atoms with Gasteiger partial charge in [-0.3, -0.25) is 0 Å². The maximum Gasteiger partial charge on any atom is 0.338 e. The van der Waals surface area contributed by atoms with Crippen molar-refractivity contribution < 1.29 is 14.3 Å². The molecule has 0 bridgehead atoms. The third-order valence-corrected chi connectivity index (χ3v) is 3.56. The van der Waals surface area contributed by atoms with E-state index in [-0.39, 0.29) is 5.97 Å². The van der Waals surface area contributed by atoms with E-state index in [9.17, 15) is 4.79 Å². The Morgan fingerprint density at radius 1 is 1.60 bits per heavy atom. The summed E-state index contributed by atoms with van der Waals surface area (Å²) in [6, 6.07) is 1.76. The second kappa shape index (κ2) is 4.74. The third-order valence-electron chi connectivity index (χ3n) is 2.38. The molecule has 15 heavy (non-hydrogen) atoms. The zero-order valence-corrected chi connectivity index (χ0v) is 9.89. The van der Waals surface area contributed by atoms with E-state index in [2.05, 4.69) is 4.74 Å². The maximum absolute atomic E-state index is 11.2. The second-order valence-corrected chi connectivity index (χ2v) is 4.24. The number of carbonyl (C=O) groups excluding carboxylic acids is 1. The van der Waals surface area contributed by atoms with Gasteiger partial charge in [0.15, 0.2) is 0 Å². The predicted octanol–water partition coefficient (Wildman–Crippen LogP) is 1.35. The minimum atomic E-state index is -0.531. The van der Waals surface area contributed by atoms with Crippen molar-refractivity contribution in [3.63, 3.8) is 0 Å². The van der Waals surface area contributed by atoms with E-state index < -0.39 is 5.60 Å². The van der Waals surface area contributed by atoms with E-state index in [0.717, 1.165) is 4.88 Å². The van der Waals surface area contributed by atoms with Crippen LogP contribution in [0.3, 0.4) is 0 Å². The molecule has 1 aromatic rings. The number of carbonyl (C=O) groups is 1. The highest BCUT2D eigenvalue weighted by molar-refractivity contribution is 7.10. The lowest BCUT2D eigenvalue weighted by molar-refractivity contribution is 0.0132. The Hall–Kier alpha value is -0.910. The van der Waals surface area contributed by atoms with Crippen LogP contribution >= 0.6 is 11.3 Å². The van der Waals surface area contributed by atoms with Gasteiger partial charge in [0.05, 0.1) is 12.7 Å². The number of ether oxygens (including phenoxy) is 2. The Morgan fingerprint density at radius 3 is 2.73 bits per heavy atom. The number of hydrogen-bond donors (Lipinski definition) is 1. The number of hydrogen-bond acceptors (Lipinski definition) is 5. The van der Waals surface area contributed by atoms with E-state index in [4.69, 9.17) is 10.5 Å². The molecule has 1 heterocycles. The summed E-state index contributed by atoms with van der Waals surface area (Å²) in [7, 11) is 2.96. The Labute approximate surface area is 93.0 Å². The molecule has 0 aliphatic rings. The van der Waals surface area contributed by atoms with E-state index in [1.165, 1.54) is 18.4 Å². The van der Waals surface area contributed by atoms with Gasteiger partial charge in [0.1, 0.15) is 5.60 Å². The lowest BCUT2D eigenvalue weighted by Crippen LogP contribution is -2.32. The molecule has 1 unspecified atom stereocenters. The summed E-state index contributed by atoms with van der Waals surface area (Å²) >= 11 is 1.44. The molecule has 0 radical (unpaired) electrons. The molecule has 1 rings (SSSR count). The molecular formula is C10H15NO3S. The van der Waals surface area contributed by atoms with Crippen LogP contribution in [-0.2, 0) is 15.1 Å². The molecule has 0 aliphatic carbocycles. The SMILES string of the molecule is COC(=O)c1csc(C(C)(CN)OC)c1. The third kappa shape index (κ3) is 2.37. The monoisotopic (exact) mass is 229 g/mol. The molecule has 1 atom stereocenters. The molecule has 4 nitrogen and oxygen atoms in total. The summed E-state index contributed by atoms with van der Waals surface area (Å²) in [6.45, 7) is 2.25. The van der Waals surface area contributed by atoms with Crippen LogP contribution in [0.5, 0.6) is 0 Å². The highest BCUT2D eigenvalue weighted by atomic mass is 32.1. The van der Waals surface area contributed by atoms with Crippen molar-refractivity contribution in [3.05, 3.63) is 21.9 Å². The molecular weight excluding hydrogens is 214 g/mol. The zero-order chi connectivity index (χ0) is 11.5. The topological polar surface area (TPSA) is 61.5 Å². The Balaban J connectivity index is 2.97. The molecule has 0 aromatic carbocycles. The number of rotatable bonds is 4. The van der Waals surface area contributed by atoms with Crippen LogP contribution in [0.25, 0.3) is 0 Å². The van der Waals surface area contributed by atoms with Crippen LogP contribution in [0.2, 0.25) is 0 Å². The minimum Gasteiger partial charge on any atom is -0.465 e. The van der Waals surface area contributed by atoms with Crippen LogP contribution in [-0.4, -0.2) is 26.7 Å². The number of methoxy groups -OCH3 is 2. The Kier molecular flexibility index (Phi) is 3.84.